The maximum absolute atomic E-state index is 5.63. The fraction of sp³-hybridized carbons (Fsp3) is 0.0833. The first-order valence-corrected chi connectivity index (χ1v) is 5.44. The van der Waals surface area contributed by atoms with Crippen molar-refractivity contribution in [3.63, 3.8) is 0 Å². The first kappa shape index (κ1) is 11.5. The molecule has 2 rings (SSSR count). The van der Waals surface area contributed by atoms with Crippen LogP contribution < -0.4 is 5.49 Å². The summed E-state index contributed by atoms with van der Waals surface area (Å²) in [4.78, 5) is 12.1. The van der Waals surface area contributed by atoms with Gasteiger partial charge in [-0.15, -0.1) is 0 Å². The van der Waals surface area contributed by atoms with E-state index in [1.807, 2.05) is 29.0 Å². The summed E-state index contributed by atoms with van der Waals surface area (Å²) in [6.07, 6.45) is 6.86. The van der Waals surface area contributed by atoms with Gasteiger partial charge in [-0.1, -0.05) is 12.6 Å². The van der Waals surface area contributed by atoms with Gasteiger partial charge >= 0.3 is 0 Å². The second kappa shape index (κ2) is 5.41. The summed E-state index contributed by atoms with van der Waals surface area (Å²) in [6.45, 7) is 4.24. The molecule has 2 aromatic heterocycles. The Morgan fingerprint density at radius 3 is 2.82 bits per heavy atom. The van der Waals surface area contributed by atoms with Gasteiger partial charge in [-0.2, -0.15) is 0 Å². The molecule has 0 fully saturated rings. The first-order chi connectivity index (χ1) is 8.29. The average Bonchev–Trinajstić information content (AvgIpc) is 2.35. The Morgan fingerprint density at radius 1 is 1.35 bits per heavy atom. The lowest BCUT2D eigenvalue weighted by Crippen LogP contribution is -2.20. The van der Waals surface area contributed by atoms with Crippen molar-refractivity contribution in [1.29, 1.82) is 0 Å². The summed E-state index contributed by atoms with van der Waals surface area (Å²) in [5, 5.41) is 0.253. The molecule has 0 bridgehead atoms. The standard InChI is InChI=1S/C12H11ClN4/c1-2-14-11-5-3-4-6-17(11)9-10-7-15-12(13)16-8-10/h2-8H,1,9H2. The summed E-state index contributed by atoms with van der Waals surface area (Å²) in [7, 11) is 0. The van der Waals surface area contributed by atoms with Gasteiger partial charge in [-0.25, -0.2) is 15.0 Å². The fourth-order valence-corrected chi connectivity index (χ4v) is 1.53. The van der Waals surface area contributed by atoms with Crippen LogP contribution in [0.5, 0.6) is 0 Å². The zero-order chi connectivity index (χ0) is 12.1. The van der Waals surface area contributed by atoms with Crippen LogP contribution in [0.3, 0.4) is 0 Å². The van der Waals surface area contributed by atoms with Crippen molar-refractivity contribution in [3.8, 4) is 0 Å². The van der Waals surface area contributed by atoms with Crippen LogP contribution in [0.4, 0.5) is 0 Å². The van der Waals surface area contributed by atoms with Crippen LogP contribution >= 0.6 is 11.6 Å². The van der Waals surface area contributed by atoms with E-state index in [0.29, 0.717) is 6.54 Å². The molecule has 4 nitrogen and oxygen atoms in total. The molecule has 0 spiro atoms. The van der Waals surface area contributed by atoms with Gasteiger partial charge in [0, 0.05) is 30.4 Å². The molecule has 0 amide bonds. The predicted molar refractivity (Wildman–Crippen MR) is 66.3 cm³/mol. The van der Waals surface area contributed by atoms with Crippen molar-refractivity contribution in [2.45, 2.75) is 6.54 Å². The Labute approximate surface area is 104 Å². The van der Waals surface area contributed by atoms with E-state index in [1.165, 1.54) is 6.20 Å². The third kappa shape index (κ3) is 3.01. The van der Waals surface area contributed by atoms with Gasteiger partial charge in [0.25, 0.3) is 0 Å². The van der Waals surface area contributed by atoms with Crippen LogP contribution in [-0.4, -0.2) is 14.5 Å². The Balaban J connectivity index is 2.33. The largest absolute Gasteiger partial charge is 0.328 e. The van der Waals surface area contributed by atoms with E-state index in [1.54, 1.807) is 12.4 Å². The SMILES string of the molecule is C=CN=c1ccccn1Cc1cnc(Cl)nc1. The van der Waals surface area contributed by atoms with Crippen molar-refractivity contribution in [2.75, 3.05) is 0 Å². The Bertz CT molecular complexity index is 572. The molecule has 2 heterocycles. The number of aromatic nitrogens is 3. The second-order valence-electron chi connectivity index (χ2n) is 3.36. The molecule has 0 radical (unpaired) electrons. The molecule has 2 aromatic rings. The van der Waals surface area contributed by atoms with Crippen molar-refractivity contribution in [3.05, 3.63) is 65.9 Å². The van der Waals surface area contributed by atoms with Gasteiger partial charge in [-0.05, 0) is 23.7 Å². The van der Waals surface area contributed by atoms with Crippen molar-refractivity contribution >= 4 is 11.6 Å². The zero-order valence-corrected chi connectivity index (χ0v) is 9.88. The van der Waals surface area contributed by atoms with Gasteiger partial charge in [0.05, 0.1) is 6.54 Å². The van der Waals surface area contributed by atoms with E-state index in [2.05, 4.69) is 21.5 Å². The third-order valence-corrected chi connectivity index (χ3v) is 2.36. The topological polar surface area (TPSA) is 43.1 Å². The number of pyridine rings is 1. The third-order valence-electron chi connectivity index (χ3n) is 2.17. The normalized spacial score (nSPS) is 11.5. The zero-order valence-electron chi connectivity index (χ0n) is 9.12. The maximum atomic E-state index is 5.63. The highest BCUT2D eigenvalue weighted by Crippen LogP contribution is 2.01. The van der Waals surface area contributed by atoms with Crippen LogP contribution in [-0.2, 0) is 6.54 Å². The minimum atomic E-state index is 0.253. The summed E-state index contributed by atoms with van der Waals surface area (Å²) in [5.74, 6) is 0. The number of hydrogen-bond acceptors (Lipinski definition) is 3. The lowest BCUT2D eigenvalue weighted by molar-refractivity contribution is 0.736. The average molecular weight is 247 g/mol. The number of halogens is 1. The Kier molecular flexibility index (Phi) is 3.67. The first-order valence-electron chi connectivity index (χ1n) is 5.06. The molecule has 86 valence electrons. The molecule has 17 heavy (non-hydrogen) atoms. The molecule has 0 aromatic carbocycles. The van der Waals surface area contributed by atoms with Crippen LogP contribution in [0, 0.1) is 0 Å². The summed E-state index contributed by atoms with van der Waals surface area (Å²) in [6, 6.07) is 5.79. The van der Waals surface area contributed by atoms with Crippen molar-refractivity contribution in [2.24, 2.45) is 4.99 Å². The van der Waals surface area contributed by atoms with E-state index in [0.717, 1.165) is 11.1 Å². The molecule has 0 aliphatic heterocycles. The lowest BCUT2D eigenvalue weighted by atomic mass is 10.3. The predicted octanol–water partition coefficient (Wildman–Crippen LogP) is 2.02. The van der Waals surface area contributed by atoms with Crippen LogP contribution in [0.2, 0.25) is 5.28 Å². The van der Waals surface area contributed by atoms with E-state index in [4.69, 9.17) is 11.6 Å². The summed E-state index contributed by atoms with van der Waals surface area (Å²) < 4.78 is 1.98. The molecule has 0 N–H and O–H groups in total. The number of rotatable bonds is 3. The van der Waals surface area contributed by atoms with E-state index >= 15 is 0 Å². The highest BCUT2D eigenvalue weighted by atomic mass is 35.5. The molecule has 0 atom stereocenters. The van der Waals surface area contributed by atoms with E-state index < -0.39 is 0 Å². The lowest BCUT2D eigenvalue weighted by Gasteiger charge is -2.06. The van der Waals surface area contributed by atoms with Crippen LogP contribution in [0.25, 0.3) is 0 Å². The minimum Gasteiger partial charge on any atom is -0.328 e. The maximum Gasteiger partial charge on any atom is 0.222 e. The molecule has 0 aliphatic rings. The van der Waals surface area contributed by atoms with Crippen molar-refractivity contribution in [1.82, 2.24) is 14.5 Å². The van der Waals surface area contributed by atoms with Gasteiger partial charge < -0.3 is 4.57 Å². The molecule has 0 unspecified atom stereocenters. The van der Waals surface area contributed by atoms with Crippen LogP contribution in [0.15, 0.2) is 54.6 Å². The smallest absolute Gasteiger partial charge is 0.222 e. The second-order valence-corrected chi connectivity index (χ2v) is 3.70. The molecular formula is C12H11ClN4. The van der Waals surface area contributed by atoms with E-state index in [-0.39, 0.29) is 5.28 Å². The molecule has 0 saturated heterocycles. The Morgan fingerprint density at radius 2 is 2.12 bits per heavy atom. The van der Waals surface area contributed by atoms with Gasteiger partial charge in [-0.3, -0.25) is 0 Å². The quantitative estimate of drug-likeness (QED) is 0.778. The monoisotopic (exact) mass is 246 g/mol. The summed E-state index contributed by atoms with van der Waals surface area (Å²) >= 11 is 5.63. The molecule has 0 aliphatic carbocycles. The molecule has 0 saturated carbocycles. The summed E-state index contributed by atoms with van der Waals surface area (Å²) in [5.41, 5.74) is 1.79. The molecular weight excluding hydrogens is 236 g/mol. The van der Waals surface area contributed by atoms with Gasteiger partial charge in [0.1, 0.15) is 5.49 Å². The molecule has 5 heteroatoms. The highest BCUT2D eigenvalue weighted by molar-refractivity contribution is 6.28. The fourth-order valence-electron chi connectivity index (χ4n) is 1.43. The van der Waals surface area contributed by atoms with E-state index in [9.17, 15) is 0 Å². The van der Waals surface area contributed by atoms with Crippen LogP contribution in [0.1, 0.15) is 5.56 Å². The van der Waals surface area contributed by atoms with Gasteiger partial charge in [0.15, 0.2) is 0 Å². The van der Waals surface area contributed by atoms with Crippen molar-refractivity contribution < 1.29 is 0 Å². The Hall–Kier alpha value is -1.94. The number of nitrogens with zero attached hydrogens (tertiary/aromatic N) is 4. The minimum absolute atomic E-state index is 0.253. The number of hydrogen-bond donors (Lipinski definition) is 0. The van der Waals surface area contributed by atoms with Gasteiger partial charge in [0.2, 0.25) is 5.28 Å². The highest BCUT2D eigenvalue weighted by Gasteiger charge is 1.97.